The standard InChI is InChI=1S/C16H22O2/c1-12(2)14-9-7-6-8-13(14)10-11-15(17)18-16(3,4)5/h6-12H,1-5H3/b11-10+. The third-order valence-corrected chi connectivity index (χ3v) is 2.42. The molecule has 0 aliphatic heterocycles. The van der Waals surface area contributed by atoms with Crippen LogP contribution < -0.4 is 0 Å². The van der Waals surface area contributed by atoms with E-state index in [4.69, 9.17) is 4.74 Å². The van der Waals surface area contributed by atoms with Gasteiger partial charge in [-0.2, -0.15) is 0 Å². The zero-order chi connectivity index (χ0) is 13.8. The molecule has 0 fully saturated rings. The monoisotopic (exact) mass is 246 g/mol. The molecule has 1 aromatic rings. The maximum absolute atomic E-state index is 11.6. The minimum absolute atomic E-state index is 0.305. The molecule has 2 heteroatoms. The van der Waals surface area contributed by atoms with Crippen molar-refractivity contribution in [2.24, 2.45) is 0 Å². The molecule has 0 aliphatic rings. The summed E-state index contributed by atoms with van der Waals surface area (Å²) in [6.45, 7) is 9.86. The summed E-state index contributed by atoms with van der Waals surface area (Å²) in [5, 5.41) is 0. The van der Waals surface area contributed by atoms with Gasteiger partial charge in [-0.05, 0) is 43.9 Å². The molecule has 18 heavy (non-hydrogen) atoms. The molecule has 1 aromatic carbocycles. The number of carbonyl (C=O) groups excluding carboxylic acids is 1. The molecule has 0 N–H and O–H groups in total. The Hall–Kier alpha value is -1.57. The zero-order valence-electron chi connectivity index (χ0n) is 11.9. The lowest BCUT2D eigenvalue weighted by molar-refractivity contribution is -0.148. The van der Waals surface area contributed by atoms with E-state index >= 15 is 0 Å². The van der Waals surface area contributed by atoms with Crippen molar-refractivity contribution >= 4 is 12.0 Å². The lowest BCUT2D eigenvalue weighted by Crippen LogP contribution is -2.22. The van der Waals surface area contributed by atoms with Crippen LogP contribution in [-0.2, 0) is 9.53 Å². The molecule has 0 heterocycles. The first kappa shape index (κ1) is 14.5. The highest BCUT2D eigenvalue weighted by Gasteiger charge is 2.14. The van der Waals surface area contributed by atoms with Crippen LogP contribution in [0, 0.1) is 0 Å². The van der Waals surface area contributed by atoms with Gasteiger partial charge in [-0.3, -0.25) is 0 Å². The maximum Gasteiger partial charge on any atom is 0.331 e. The van der Waals surface area contributed by atoms with E-state index in [0.29, 0.717) is 5.92 Å². The van der Waals surface area contributed by atoms with Gasteiger partial charge >= 0.3 is 5.97 Å². The fraction of sp³-hybridized carbons (Fsp3) is 0.438. The van der Waals surface area contributed by atoms with Gasteiger partial charge in [-0.15, -0.1) is 0 Å². The molecule has 0 spiro atoms. The van der Waals surface area contributed by atoms with E-state index in [2.05, 4.69) is 19.9 Å². The molecule has 0 bridgehead atoms. The molecule has 0 aliphatic carbocycles. The number of ether oxygens (including phenoxy) is 1. The van der Waals surface area contributed by atoms with Crippen LogP contribution in [0.4, 0.5) is 0 Å². The van der Waals surface area contributed by atoms with Crippen molar-refractivity contribution in [2.45, 2.75) is 46.1 Å². The van der Waals surface area contributed by atoms with Gasteiger partial charge in [-0.25, -0.2) is 4.79 Å². The Labute approximate surface area is 110 Å². The van der Waals surface area contributed by atoms with Crippen molar-refractivity contribution in [3.63, 3.8) is 0 Å². The van der Waals surface area contributed by atoms with Crippen molar-refractivity contribution in [3.05, 3.63) is 41.5 Å². The van der Waals surface area contributed by atoms with Gasteiger partial charge in [-0.1, -0.05) is 38.1 Å². The van der Waals surface area contributed by atoms with Crippen molar-refractivity contribution in [2.75, 3.05) is 0 Å². The molecule has 2 nitrogen and oxygen atoms in total. The van der Waals surface area contributed by atoms with Crippen molar-refractivity contribution in [1.29, 1.82) is 0 Å². The number of benzene rings is 1. The minimum Gasteiger partial charge on any atom is -0.457 e. The second-order valence-corrected chi connectivity index (χ2v) is 5.65. The predicted octanol–water partition coefficient (Wildman–Crippen LogP) is 4.16. The third-order valence-electron chi connectivity index (χ3n) is 2.42. The Balaban J connectivity index is 2.82. The number of rotatable bonds is 3. The lowest BCUT2D eigenvalue weighted by atomic mass is 9.97. The first-order valence-electron chi connectivity index (χ1n) is 6.29. The molecule has 1 rings (SSSR count). The largest absolute Gasteiger partial charge is 0.457 e. The van der Waals surface area contributed by atoms with Gasteiger partial charge in [0.1, 0.15) is 5.60 Å². The Morgan fingerprint density at radius 3 is 2.39 bits per heavy atom. The van der Waals surface area contributed by atoms with Crippen LogP contribution in [0.15, 0.2) is 30.3 Å². The van der Waals surface area contributed by atoms with Crippen molar-refractivity contribution in [3.8, 4) is 0 Å². The van der Waals surface area contributed by atoms with Crippen LogP contribution in [-0.4, -0.2) is 11.6 Å². The highest BCUT2D eigenvalue weighted by atomic mass is 16.6. The van der Waals surface area contributed by atoms with Crippen LogP contribution >= 0.6 is 0 Å². The van der Waals surface area contributed by atoms with E-state index in [9.17, 15) is 4.79 Å². The molecule has 0 saturated heterocycles. The topological polar surface area (TPSA) is 26.3 Å². The fourth-order valence-electron chi connectivity index (χ4n) is 1.68. The molecule has 0 radical (unpaired) electrons. The second kappa shape index (κ2) is 5.85. The summed E-state index contributed by atoms with van der Waals surface area (Å²) in [7, 11) is 0. The lowest BCUT2D eigenvalue weighted by Gasteiger charge is -2.18. The maximum atomic E-state index is 11.6. The Morgan fingerprint density at radius 2 is 1.83 bits per heavy atom. The van der Waals surface area contributed by atoms with E-state index in [0.717, 1.165) is 5.56 Å². The molecule has 0 saturated carbocycles. The molecule has 98 valence electrons. The Kier molecular flexibility index (Phi) is 4.71. The first-order chi connectivity index (χ1) is 8.29. The third kappa shape index (κ3) is 4.74. The van der Waals surface area contributed by atoms with Gasteiger partial charge in [0.2, 0.25) is 0 Å². The number of esters is 1. The van der Waals surface area contributed by atoms with Crippen LogP contribution in [0.1, 0.15) is 51.7 Å². The van der Waals surface area contributed by atoms with Crippen molar-refractivity contribution < 1.29 is 9.53 Å². The summed E-state index contributed by atoms with van der Waals surface area (Å²) >= 11 is 0. The van der Waals surface area contributed by atoms with Gasteiger partial charge in [0.05, 0.1) is 0 Å². The van der Waals surface area contributed by atoms with Gasteiger partial charge in [0.25, 0.3) is 0 Å². The smallest absolute Gasteiger partial charge is 0.331 e. The van der Waals surface area contributed by atoms with E-state index < -0.39 is 5.60 Å². The van der Waals surface area contributed by atoms with Crippen LogP contribution in [0.25, 0.3) is 6.08 Å². The molecule has 0 amide bonds. The fourth-order valence-corrected chi connectivity index (χ4v) is 1.68. The van der Waals surface area contributed by atoms with Crippen LogP contribution in [0.3, 0.4) is 0 Å². The average Bonchev–Trinajstić information content (AvgIpc) is 2.24. The Bertz CT molecular complexity index is 437. The van der Waals surface area contributed by atoms with E-state index in [1.54, 1.807) is 0 Å². The number of hydrogen-bond donors (Lipinski definition) is 0. The normalized spacial score (nSPS) is 12.1. The summed E-state index contributed by atoms with van der Waals surface area (Å²) in [6, 6.07) is 8.08. The number of hydrogen-bond acceptors (Lipinski definition) is 2. The van der Waals surface area contributed by atoms with E-state index in [1.165, 1.54) is 11.6 Å². The van der Waals surface area contributed by atoms with Gasteiger partial charge < -0.3 is 4.74 Å². The van der Waals surface area contributed by atoms with E-state index in [1.807, 2.05) is 45.0 Å². The highest BCUT2D eigenvalue weighted by Crippen LogP contribution is 2.20. The summed E-state index contributed by atoms with van der Waals surface area (Å²) in [4.78, 5) is 11.6. The van der Waals surface area contributed by atoms with E-state index in [-0.39, 0.29) is 5.97 Å². The molecule has 0 aromatic heterocycles. The van der Waals surface area contributed by atoms with Crippen LogP contribution in [0.5, 0.6) is 0 Å². The summed E-state index contributed by atoms with van der Waals surface area (Å²) < 4.78 is 5.23. The zero-order valence-corrected chi connectivity index (χ0v) is 11.9. The summed E-state index contributed by atoms with van der Waals surface area (Å²) in [5.74, 6) is 0.130. The van der Waals surface area contributed by atoms with Gasteiger partial charge in [0.15, 0.2) is 0 Å². The van der Waals surface area contributed by atoms with Gasteiger partial charge in [0, 0.05) is 6.08 Å². The summed E-state index contributed by atoms with van der Waals surface area (Å²) in [6.07, 6.45) is 3.32. The minimum atomic E-state index is -0.445. The predicted molar refractivity (Wildman–Crippen MR) is 75.4 cm³/mol. The Morgan fingerprint density at radius 1 is 1.22 bits per heavy atom. The molecular formula is C16H22O2. The first-order valence-corrected chi connectivity index (χ1v) is 6.29. The second-order valence-electron chi connectivity index (χ2n) is 5.65. The van der Waals surface area contributed by atoms with Crippen LogP contribution in [0.2, 0.25) is 0 Å². The average molecular weight is 246 g/mol. The highest BCUT2D eigenvalue weighted by molar-refractivity contribution is 5.87. The molecule has 0 atom stereocenters. The molecular weight excluding hydrogens is 224 g/mol. The quantitative estimate of drug-likeness (QED) is 0.591. The summed E-state index contributed by atoms with van der Waals surface area (Å²) in [5.41, 5.74) is 1.86. The SMILES string of the molecule is CC(C)c1ccccc1/C=C/C(=O)OC(C)(C)C. The molecule has 0 unspecified atom stereocenters. The van der Waals surface area contributed by atoms with Crippen molar-refractivity contribution in [1.82, 2.24) is 0 Å². The number of carbonyl (C=O) groups is 1.